The summed E-state index contributed by atoms with van der Waals surface area (Å²) in [6.45, 7) is 1.80. The molecular weight excluding hydrogens is 368 g/mol. The van der Waals surface area contributed by atoms with Gasteiger partial charge in [-0.25, -0.2) is 0 Å². The van der Waals surface area contributed by atoms with Gasteiger partial charge >= 0.3 is 0 Å². The summed E-state index contributed by atoms with van der Waals surface area (Å²) in [5.74, 6) is 2.57. The van der Waals surface area contributed by atoms with Crippen LogP contribution >= 0.6 is 0 Å². The van der Waals surface area contributed by atoms with E-state index in [2.05, 4.69) is 22.1 Å². The van der Waals surface area contributed by atoms with Gasteiger partial charge < -0.3 is 24.0 Å². The fraction of sp³-hybridized carbons (Fsp3) is 0.609. The summed E-state index contributed by atoms with van der Waals surface area (Å²) in [5, 5.41) is 0. The molecule has 5 aliphatic heterocycles. The van der Waals surface area contributed by atoms with Gasteiger partial charge in [0.25, 0.3) is 0 Å². The Morgan fingerprint density at radius 3 is 2.86 bits per heavy atom. The van der Waals surface area contributed by atoms with E-state index < -0.39 is 0 Å². The Bertz CT molecular complexity index is 974. The van der Waals surface area contributed by atoms with Crippen LogP contribution in [0.2, 0.25) is 0 Å². The average Bonchev–Trinajstić information content (AvgIpc) is 3.20. The second-order valence-corrected chi connectivity index (χ2v) is 9.46. The van der Waals surface area contributed by atoms with Gasteiger partial charge in [-0.15, -0.1) is 0 Å². The molecule has 1 aromatic rings. The number of nitrogens with zero attached hydrogens (tertiary/aromatic N) is 2. The van der Waals surface area contributed by atoms with Crippen molar-refractivity contribution in [1.82, 2.24) is 4.90 Å². The molecule has 0 N–H and O–H groups in total. The molecule has 0 radical (unpaired) electrons. The largest absolute Gasteiger partial charge is 0.493 e. The predicted molar refractivity (Wildman–Crippen MR) is 106 cm³/mol. The zero-order chi connectivity index (χ0) is 19.5. The summed E-state index contributed by atoms with van der Waals surface area (Å²) < 4.78 is 17.6. The van der Waals surface area contributed by atoms with Gasteiger partial charge in [-0.05, 0) is 48.6 Å². The van der Waals surface area contributed by atoms with E-state index in [1.165, 1.54) is 12.0 Å². The quantitative estimate of drug-likeness (QED) is 0.771. The summed E-state index contributed by atoms with van der Waals surface area (Å²) in [6.07, 6.45) is 6.25. The molecule has 7 rings (SSSR count). The molecule has 29 heavy (non-hydrogen) atoms. The summed E-state index contributed by atoms with van der Waals surface area (Å²) in [6, 6.07) is 4.83. The van der Waals surface area contributed by atoms with Crippen LogP contribution in [0.15, 0.2) is 23.9 Å². The number of fused-ring (bicyclic) bond motifs is 2. The number of methoxy groups -OCH3 is 2. The Kier molecular flexibility index (Phi) is 3.02. The Morgan fingerprint density at radius 1 is 1.21 bits per heavy atom. The number of amides is 1. The zero-order valence-electron chi connectivity index (χ0n) is 16.9. The van der Waals surface area contributed by atoms with Crippen molar-refractivity contribution in [3.63, 3.8) is 0 Å². The third-order valence-corrected chi connectivity index (χ3v) is 8.76. The molecule has 1 spiro atoms. The summed E-state index contributed by atoms with van der Waals surface area (Å²) in [4.78, 5) is 18.2. The van der Waals surface area contributed by atoms with E-state index in [4.69, 9.17) is 14.2 Å². The van der Waals surface area contributed by atoms with Gasteiger partial charge in [0.05, 0.1) is 45.1 Å². The van der Waals surface area contributed by atoms with Crippen LogP contribution in [0.3, 0.4) is 0 Å². The number of benzene rings is 1. The molecule has 1 aliphatic carbocycles. The van der Waals surface area contributed by atoms with Gasteiger partial charge in [0.1, 0.15) is 0 Å². The molecule has 1 aromatic carbocycles. The minimum absolute atomic E-state index is 0.0416. The number of hydrogen-bond donors (Lipinski definition) is 0. The molecule has 4 fully saturated rings. The number of rotatable bonds is 2. The van der Waals surface area contributed by atoms with Gasteiger partial charge in [0.2, 0.25) is 5.91 Å². The topological polar surface area (TPSA) is 51.2 Å². The van der Waals surface area contributed by atoms with Crippen molar-refractivity contribution >= 4 is 11.6 Å². The highest BCUT2D eigenvalue weighted by Gasteiger charge is 2.70. The molecule has 6 aliphatic rings. The highest BCUT2D eigenvalue weighted by Crippen LogP contribution is 2.66. The maximum atomic E-state index is 13.5. The van der Waals surface area contributed by atoms with Crippen LogP contribution in [0.4, 0.5) is 5.69 Å². The van der Waals surface area contributed by atoms with Crippen LogP contribution in [-0.4, -0.2) is 56.4 Å². The van der Waals surface area contributed by atoms with E-state index >= 15 is 0 Å². The maximum Gasteiger partial charge on any atom is 0.229 e. The van der Waals surface area contributed by atoms with Crippen molar-refractivity contribution < 1.29 is 19.0 Å². The zero-order valence-corrected chi connectivity index (χ0v) is 16.9. The Morgan fingerprint density at radius 2 is 2.03 bits per heavy atom. The molecular formula is C23H26N2O4. The van der Waals surface area contributed by atoms with Crippen LogP contribution in [0.25, 0.3) is 0 Å². The normalized spacial score (nSPS) is 40.4. The van der Waals surface area contributed by atoms with Crippen molar-refractivity contribution in [3.05, 3.63) is 29.5 Å². The molecule has 5 heterocycles. The fourth-order valence-corrected chi connectivity index (χ4v) is 7.82. The van der Waals surface area contributed by atoms with Crippen LogP contribution in [-0.2, 0) is 14.9 Å². The lowest BCUT2D eigenvalue weighted by Gasteiger charge is -2.57. The Balaban J connectivity index is 1.53. The van der Waals surface area contributed by atoms with E-state index in [0.29, 0.717) is 30.0 Å². The SMILES string of the molecule is COc1cc2c(cc1OC)[C@]13CCN4C=C5CCO[C@@H]6CC(=O)N2[C@H]1[C@@H]6[C@H]5C[C@@H]43. The van der Waals surface area contributed by atoms with Crippen molar-refractivity contribution in [2.45, 2.75) is 49.3 Å². The van der Waals surface area contributed by atoms with Crippen LogP contribution < -0.4 is 14.4 Å². The monoisotopic (exact) mass is 394 g/mol. The molecule has 6 heteroatoms. The molecule has 6 atom stereocenters. The minimum Gasteiger partial charge on any atom is -0.493 e. The fourth-order valence-electron chi connectivity index (χ4n) is 7.82. The van der Waals surface area contributed by atoms with Crippen LogP contribution in [0, 0.1) is 11.8 Å². The van der Waals surface area contributed by atoms with E-state index in [1.54, 1.807) is 19.8 Å². The van der Waals surface area contributed by atoms with E-state index in [-0.39, 0.29) is 23.5 Å². The highest BCUT2D eigenvalue weighted by atomic mass is 16.5. The van der Waals surface area contributed by atoms with Gasteiger partial charge in [-0.3, -0.25) is 4.79 Å². The second-order valence-electron chi connectivity index (χ2n) is 9.46. The number of carbonyl (C=O) groups is 1. The van der Waals surface area contributed by atoms with E-state index in [0.717, 1.165) is 37.4 Å². The molecule has 3 saturated heterocycles. The third-order valence-electron chi connectivity index (χ3n) is 8.76. The standard InChI is InChI=1S/C23H26N2O4/c1-27-16-8-14-15(9-17(16)28-2)25-20(26)10-18-21-13-7-19-23(14,22(21)25)4-5-24(19)11-12(13)3-6-29-18/h8-9,11,13,18-19,21-22H,3-7,10H2,1-2H3/t13-,18+,19+,21+,22-,23-/m0/s1. The minimum atomic E-state index is -0.0416. The second kappa shape index (κ2) is 5.28. The van der Waals surface area contributed by atoms with Gasteiger partial charge in [0, 0.05) is 30.0 Å². The molecule has 0 aromatic heterocycles. The van der Waals surface area contributed by atoms with E-state index in [1.807, 2.05) is 6.07 Å². The van der Waals surface area contributed by atoms with Crippen LogP contribution in [0.1, 0.15) is 31.2 Å². The Hall–Kier alpha value is -2.21. The molecule has 1 saturated carbocycles. The number of ether oxygens (including phenoxy) is 3. The number of hydrogen-bond acceptors (Lipinski definition) is 5. The predicted octanol–water partition coefficient (Wildman–Crippen LogP) is 2.46. The van der Waals surface area contributed by atoms with Crippen molar-refractivity contribution in [1.29, 1.82) is 0 Å². The number of anilines is 1. The first-order valence-corrected chi connectivity index (χ1v) is 10.8. The molecule has 0 unspecified atom stereocenters. The summed E-state index contributed by atoms with van der Waals surface area (Å²) in [5.41, 5.74) is 3.82. The lowest BCUT2D eigenvalue weighted by atomic mass is 9.54. The Labute approximate surface area is 170 Å². The first-order valence-electron chi connectivity index (χ1n) is 10.8. The lowest BCUT2D eigenvalue weighted by Crippen LogP contribution is -2.68. The van der Waals surface area contributed by atoms with Gasteiger partial charge in [-0.1, -0.05) is 0 Å². The van der Waals surface area contributed by atoms with Crippen molar-refractivity contribution in [2.24, 2.45) is 11.8 Å². The van der Waals surface area contributed by atoms with Crippen molar-refractivity contribution in [3.8, 4) is 11.5 Å². The first-order chi connectivity index (χ1) is 14.2. The lowest BCUT2D eigenvalue weighted by molar-refractivity contribution is -0.131. The highest BCUT2D eigenvalue weighted by molar-refractivity contribution is 5.99. The number of piperidine rings is 1. The van der Waals surface area contributed by atoms with Gasteiger partial charge in [0.15, 0.2) is 11.5 Å². The number of carbonyl (C=O) groups excluding carboxylic acids is 1. The van der Waals surface area contributed by atoms with E-state index in [9.17, 15) is 4.79 Å². The van der Waals surface area contributed by atoms with Crippen LogP contribution in [0.5, 0.6) is 11.5 Å². The molecule has 152 valence electrons. The molecule has 2 bridgehead atoms. The maximum absolute atomic E-state index is 13.5. The smallest absolute Gasteiger partial charge is 0.229 e. The third kappa shape index (κ3) is 1.73. The average molecular weight is 394 g/mol. The van der Waals surface area contributed by atoms with Crippen molar-refractivity contribution in [2.75, 3.05) is 32.3 Å². The van der Waals surface area contributed by atoms with Gasteiger partial charge in [-0.2, -0.15) is 0 Å². The first kappa shape index (κ1) is 16.6. The molecule has 1 amide bonds. The summed E-state index contributed by atoms with van der Waals surface area (Å²) in [7, 11) is 3.36. The molecule has 6 nitrogen and oxygen atoms in total. The summed E-state index contributed by atoms with van der Waals surface area (Å²) >= 11 is 0.